The first-order valence-corrected chi connectivity index (χ1v) is 14.1. The lowest BCUT2D eigenvalue weighted by Crippen LogP contribution is -2.55. The molecule has 30 heavy (non-hydrogen) atoms. The maximum absolute atomic E-state index is 13.5. The maximum Gasteiger partial charge on any atom is 0.408 e. The van der Waals surface area contributed by atoms with Gasteiger partial charge in [0.25, 0.3) is 0 Å². The van der Waals surface area contributed by atoms with Crippen LogP contribution < -0.4 is 5.32 Å². The Morgan fingerprint density at radius 1 is 1.17 bits per heavy atom. The summed E-state index contributed by atoms with van der Waals surface area (Å²) in [6.45, 7) is 15.6. The molecule has 7 nitrogen and oxygen atoms in total. The van der Waals surface area contributed by atoms with Crippen LogP contribution in [0.5, 0.6) is 0 Å². The van der Waals surface area contributed by atoms with Gasteiger partial charge in [-0.1, -0.05) is 39.4 Å². The van der Waals surface area contributed by atoms with Gasteiger partial charge in [-0.25, -0.2) is 9.59 Å². The summed E-state index contributed by atoms with van der Waals surface area (Å²) in [4.78, 5) is 39.8. The number of rotatable bonds is 5. The van der Waals surface area contributed by atoms with Crippen molar-refractivity contribution < 1.29 is 23.9 Å². The first-order chi connectivity index (χ1) is 13.6. The van der Waals surface area contributed by atoms with E-state index >= 15 is 0 Å². The fraction of sp³-hybridized carbons (Fsp3) is 0.773. The highest BCUT2D eigenvalue weighted by molar-refractivity contribution is 6.83. The number of carbonyl (C=O) groups is 3. The second-order valence-corrected chi connectivity index (χ2v) is 15.0. The van der Waals surface area contributed by atoms with Crippen molar-refractivity contribution in [3.63, 3.8) is 0 Å². The molecule has 0 bridgehead atoms. The Morgan fingerprint density at radius 2 is 1.77 bits per heavy atom. The smallest absolute Gasteiger partial charge is 0.408 e. The van der Waals surface area contributed by atoms with Crippen LogP contribution in [0.15, 0.2) is 0 Å². The fourth-order valence-corrected chi connectivity index (χ4v) is 3.85. The molecule has 0 aromatic carbocycles. The molecule has 3 atom stereocenters. The highest BCUT2D eigenvalue weighted by Gasteiger charge is 2.43. The molecule has 8 heteroatoms. The van der Waals surface area contributed by atoms with E-state index in [4.69, 9.17) is 9.47 Å². The minimum absolute atomic E-state index is 0.152. The van der Waals surface area contributed by atoms with Gasteiger partial charge in [-0.2, -0.15) is 0 Å². The van der Waals surface area contributed by atoms with Crippen molar-refractivity contribution in [2.24, 2.45) is 5.92 Å². The summed E-state index contributed by atoms with van der Waals surface area (Å²) in [6, 6.07) is -1.87. The lowest BCUT2D eigenvalue weighted by molar-refractivity contribution is -0.152. The van der Waals surface area contributed by atoms with Crippen LogP contribution in [0.4, 0.5) is 4.79 Å². The predicted molar refractivity (Wildman–Crippen MR) is 119 cm³/mol. The van der Waals surface area contributed by atoms with Crippen molar-refractivity contribution in [3.8, 4) is 11.5 Å². The van der Waals surface area contributed by atoms with Gasteiger partial charge in [-0.3, -0.25) is 4.79 Å². The Kier molecular flexibility index (Phi) is 8.97. The molecule has 1 aliphatic heterocycles. The fourth-order valence-electron chi connectivity index (χ4n) is 3.25. The van der Waals surface area contributed by atoms with Gasteiger partial charge in [0.15, 0.2) is 0 Å². The number of nitrogens with one attached hydrogen (secondary N) is 1. The molecule has 0 aliphatic carbocycles. The number of carbonyl (C=O) groups excluding carboxylic acids is 3. The molecule has 0 saturated carbocycles. The summed E-state index contributed by atoms with van der Waals surface area (Å²) in [6.07, 6.45) is 0.866. The summed E-state index contributed by atoms with van der Waals surface area (Å²) in [5, 5.41) is 2.71. The molecule has 1 rings (SSSR count). The van der Waals surface area contributed by atoms with Crippen LogP contribution in [-0.2, 0) is 19.1 Å². The van der Waals surface area contributed by atoms with E-state index in [9.17, 15) is 14.4 Å². The molecular formula is C22H38N2O5Si. The number of alkyl carbamates (subject to hydrolysis) is 1. The lowest BCUT2D eigenvalue weighted by atomic mass is 10.0. The SMILES string of the molecule is COC(=O)[C@@H]1CC[C@H](C#C[Si](C)(C)C)N1C(=O)C(CC(C)C)NC(=O)OC(C)(C)C. The van der Waals surface area contributed by atoms with Gasteiger partial charge < -0.3 is 19.7 Å². The van der Waals surface area contributed by atoms with Crippen molar-refractivity contribution in [2.75, 3.05) is 7.11 Å². The van der Waals surface area contributed by atoms with E-state index in [1.807, 2.05) is 13.8 Å². The Bertz CT molecular complexity index is 697. The van der Waals surface area contributed by atoms with Crippen molar-refractivity contribution in [3.05, 3.63) is 0 Å². The van der Waals surface area contributed by atoms with Crippen LogP contribution in [0.1, 0.15) is 53.9 Å². The molecule has 1 heterocycles. The minimum Gasteiger partial charge on any atom is -0.467 e. The minimum atomic E-state index is -1.66. The topological polar surface area (TPSA) is 84.9 Å². The third kappa shape index (κ3) is 8.39. The van der Waals surface area contributed by atoms with Gasteiger partial charge >= 0.3 is 12.1 Å². The van der Waals surface area contributed by atoms with Gasteiger partial charge in [0.2, 0.25) is 5.91 Å². The molecule has 0 radical (unpaired) electrons. The zero-order valence-electron chi connectivity index (χ0n) is 19.9. The standard InChI is InChI=1S/C22H38N2O5Si/c1-15(2)14-17(23-21(27)29-22(3,4)5)19(25)24-16(12-13-30(7,8)9)10-11-18(24)20(26)28-6/h15-18H,10-11,14H2,1-9H3,(H,23,27)/t16-,17?,18+/m1/s1. The molecule has 1 aliphatic rings. The van der Waals surface area contributed by atoms with Crippen molar-refractivity contribution in [1.82, 2.24) is 10.2 Å². The summed E-state index contributed by atoms with van der Waals surface area (Å²) in [5.74, 6) is 2.60. The average molecular weight is 439 g/mol. The zero-order chi connectivity index (χ0) is 23.3. The molecule has 1 saturated heterocycles. The van der Waals surface area contributed by atoms with Gasteiger partial charge in [0, 0.05) is 0 Å². The van der Waals surface area contributed by atoms with Crippen molar-refractivity contribution >= 4 is 26.0 Å². The molecule has 0 aromatic heterocycles. The Balaban J connectivity index is 3.21. The van der Waals surface area contributed by atoms with Crippen molar-refractivity contribution in [2.45, 2.75) is 97.2 Å². The summed E-state index contributed by atoms with van der Waals surface area (Å²) >= 11 is 0. The number of hydrogen-bond acceptors (Lipinski definition) is 5. The van der Waals surface area contributed by atoms with Gasteiger partial charge in [-0.15, -0.1) is 5.54 Å². The summed E-state index contributed by atoms with van der Waals surface area (Å²) < 4.78 is 10.3. The van der Waals surface area contributed by atoms with Gasteiger partial charge in [0.05, 0.1) is 13.2 Å². The maximum atomic E-state index is 13.5. The molecule has 0 spiro atoms. The Labute approximate surface area is 182 Å². The molecular weight excluding hydrogens is 400 g/mol. The normalized spacial score (nSPS) is 20.3. The number of nitrogens with zero attached hydrogens (tertiary/aromatic N) is 1. The van der Waals surface area contributed by atoms with Gasteiger partial charge in [-0.05, 0) is 46.0 Å². The molecule has 2 amide bonds. The quantitative estimate of drug-likeness (QED) is 0.404. The zero-order valence-corrected chi connectivity index (χ0v) is 20.9. The molecule has 170 valence electrons. The second kappa shape index (κ2) is 10.3. The molecule has 1 unspecified atom stereocenters. The number of ether oxygens (including phenoxy) is 2. The van der Waals surface area contributed by atoms with Gasteiger partial charge in [0.1, 0.15) is 25.8 Å². The van der Waals surface area contributed by atoms with Crippen LogP contribution in [0, 0.1) is 17.4 Å². The van der Waals surface area contributed by atoms with Crippen LogP contribution in [-0.4, -0.2) is 61.8 Å². The Morgan fingerprint density at radius 3 is 2.23 bits per heavy atom. The predicted octanol–water partition coefficient (Wildman–Crippen LogP) is 3.34. The third-order valence-electron chi connectivity index (χ3n) is 4.42. The van der Waals surface area contributed by atoms with Crippen LogP contribution in [0.3, 0.4) is 0 Å². The number of likely N-dealkylation sites (tertiary alicyclic amines) is 1. The van der Waals surface area contributed by atoms with Crippen LogP contribution in [0.25, 0.3) is 0 Å². The van der Waals surface area contributed by atoms with E-state index in [1.165, 1.54) is 12.0 Å². The Hall–Kier alpha value is -2.01. The largest absolute Gasteiger partial charge is 0.467 e. The summed E-state index contributed by atoms with van der Waals surface area (Å²) in [7, 11) is -0.342. The molecule has 1 fully saturated rings. The van der Waals surface area contributed by atoms with E-state index in [1.54, 1.807) is 20.8 Å². The van der Waals surface area contributed by atoms with Crippen LogP contribution >= 0.6 is 0 Å². The van der Waals surface area contributed by atoms with E-state index in [0.29, 0.717) is 19.3 Å². The number of amides is 2. The second-order valence-electron chi connectivity index (χ2n) is 10.2. The number of hydrogen-bond donors (Lipinski definition) is 1. The van der Waals surface area contributed by atoms with E-state index < -0.39 is 37.8 Å². The van der Waals surface area contributed by atoms with E-state index in [2.05, 4.69) is 36.4 Å². The van der Waals surface area contributed by atoms with E-state index in [0.717, 1.165) is 0 Å². The lowest BCUT2D eigenvalue weighted by Gasteiger charge is -2.32. The number of esters is 1. The van der Waals surface area contributed by atoms with Crippen molar-refractivity contribution in [1.29, 1.82) is 0 Å². The number of methoxy groups -OCH3 is 1. The first-order valence-electron chi connectivity index (χ1n) is 10.6. The highest BCUT2D eigenvalue weighted by Crippen LogP contribution is 2.27. The molecule has 0 aromatic rings. The molecule has 1 N–H and O–H groups in total. The van der Waals surface area contributed by atoms with Crippen LogP contribution in [0.2, 0.25) is 19.6 Å². The average Bonchev–Trinajstić information content (AvgIpc) is 2.99. The summed E-state index contributed by atoms with van der Waals surface area (Å²) in [5.41, 5.74) is 2.63. The highest BCUT2D eigenvalue weighted by atomic mass is 28.3. The monoisotopic (exact) mass is 438 g/mol. The third-order valence-corrected chi connectivity index (χ3v) is 5.32. The van der Waals surface area contributed by atoms with E-state index in [-0.39, 0.29) is 17.9 Å². The first kappa shape index (κ1) is 26.0.